The summed E-state index contributed by atoms with van der Waals surface area (Å²) < 4.78 is 83.4. The molecule has 0 aliphatic heterocycles. The van der Waals surface area contributed by atoms with Crippen molar-refractivity contribution in [3.8, 4) is 16.9 Å². The Kier molecular flexibility index (Phi) is 7.17. The number of nitrogens with one attached hydrogen (secondary N) is 1. The molecule has 4 rings (SSSR count). The number of pyridine rings is 1. The fourth-order valence-electron chi connectivity index (χ4n) is 4.11. The molecule has 0 saturated heterocycles. The third-order valence-corrected chi connectivity index (χ3v) is 6.55. The van der Waals surface area contributed by atoms with Crippen molar-refractivity contribution in [2.75, 3.05) is 5.32 Å². The van der Waals surface area contributed by atoms with Crippen LogP contribution in [0, 0.1) is 5.82 Å². The molecule has 1 aromatic heterocycles. The summed E-state index contributed by atoms with van der Waals surface area (Å²) in [7, 11) is 0. The molecule has 0 atom stereocenters. The van der Waals surface area contributed by atoms with E-state index in [0.717, 1.165) is 18.2 Å². The van der Waals surface area contributed by atoms with Crippen LogP contribution >= 0.6 is 11.6 Å². The Morgan fingerprint density at radius 1 is 1.13 bits per heavy atom. The first-order valence-electron chi connectivity index (χ1n) is 11.3. The van der Waals surface area contributed by atoms with E-state index in [0.29, 0.717) is 17.9 Å². The Morgan fingerprint density at radius 2 is 1.84 bits per heavy atom. The van der Waals surface area contributed by atoms with Crippen LogP contribution in [0.25, 0.3) is 11.1 Å². The molecular formula is C26H19ClF6N2O3. The van der Waals surface area contributed by atoms with Crippen LogP contribution in [0.15, 0.2) is 48.7 Å². The van der Waals surface area contributed by atoms with Crippen molar-refractivity contribution in [3.05, 3.63) is 76.3 Å². The van der Waals surface area contributed by atoms with Crippen LogP contribution < -0.4 is 10.1 Å². The van der Waals surface area contributed by atoms with Crippen LogP contribution in [0.1, 0.15) is 47.8 Å². The number of hydrogen-bond acceptors (Lipinski definition) is 4. The lowest BCUT2D eigenvalue weighted by molar-refractivity contribution is -0.274. The number of alkyl halides is 5. The Balaban J connectivity index is 1.58. The molecule has 12 heteroatoms. The number of rotatable bonds is 8. The molecule has 1 heterocycles. The summed E-state index contributed by atoms with van der Waals surface area (Å²) in [4.78, 5) is 28.7. The van der Waals surface area contributed by atoms with E-state index in [1.807, 2.05) is 0 Å². The van der Waals surface area contributed by atoms with Gasteiger partial charge in [-0.05, 0) is 37.1 Å². The number of anilines is 1. The van der Waals surface area contributed by atoms with Gasteiger partial charge in [0.15, 0.2) is 6.29 Å². The predicted octanol–water partition coefficient (Wildman–Crippen LogP) is 7.42. The zero-order chi connectivity index (χ0) is 27.9. The smallest absolute Gasteiger partial charge is 0.406 e. The van der Waals surface area contributed by atoms with Crippen LogP contribution in [0.3, 0.4) is 0 Å². The first-order chi connectivity index (χ1) is 17.8. The standard InChI is InChI=1S/C26H19ClF6N2O3/c1-2-25(29,30)21-6-3-14(12-34-21)22-15(13-36)9-16(10-19(22)27)35-23(37)24(7-8-24)18-5-4-17(11-20(18)28)38-26(31,32)33/h3-6,9-13H,2,7-8H2,1H3,(H,35,37). The normalized spacial score (nSPS) is 14.6. The number of nitrogens with zero attached hydrogens (tertiary/aromatic N) is 1. The van der Waals surface area contributed by atoms with E-state index < -0.39 is 47.3 Å². The van der Waals surface area contributed by atoms with Crippen molar-refractivity contribution in [2.45, 2.75) is 43.9 Å². The van der Waals surface area contributed by atoms with Crippen LogP contribution in [-0.4, -0.2) is 23.5 Å². The average molecular weight is 557 g/mol. The molecule has 1 N–H and O–H groups in total. The summed E-state index contributed by atoms with van der Waals surface area (Å²) in [5, 5.41) is 2.60. The largest absolute Gasteiger partial charge is 0.573 e. The molecular weight excluding hydrogens is 538 g/mol. The number of amides is 1. The van der Waals surface area contributed by atoms with Gasteiger partial charge in [-0.3, -0.25) is 14.6 Å². The maximum Gasteiger partial charge on any atom is 0.573 e. The minimum atomic E-state index is -5.00. The number of carbonyl (C=O) groups is 2. The Morgan fingerprint density at radius 3 is 2.37 bits per heavy atom. The molecule has 0 radical (unpaired) electrons. The summed E-state index contributed by atoms with van der Waals surface area (Å²) in [6.45, 7) is 1.32. The maximum absolute atomic E-state index is 14.7. The van der Waals surface area contributed by atoms with Crippen LogP contribution in [0.2, 0.25) is 5.02 Å². The second-order valence-corrected chi connectivity index (χ2v) is 9.16. The van der Waals surface area contributed by atoms with Gasteiger partial charge in [-0.25, -0.2) is 4.39 Å². The van der Waals surface area contributed by atoms with Crippen LogP contribution in [0.4, 0.5) is 32.0 Å². The maximum atomic E-state index is 14.7. The highest BCUT2D eigenvalue weighted by Gasteiger charge is 2.53. The molecule has 1 fully saturated rings. The van der Waals surface area contributed by atoms with Crippen molar-refractivity contribution in [1.82, 2.24) is 4.98 Å². The van der Waals surface area contributed by atoms with Gasteiger partial charge in [0.1, 0.15) is 17.3 Å². The second-order valence-electron chi connectivity index (χ2n) is 8.76. The first kappa shape index (κ1) is 27.4. The third kappa shape index (κ3) is 5.47. The second kappa shape index (κ2) is 9.94. The topological polar surface area (TPSA) is 68.3 Å². The predicted molar refractivity (Wildman–Crippen MR) is 127 cm³/mol. The molecule has 200 valence electrons. The summed E-state index contributed by atoms with van der Waals surface area (Å²) in [6.07, 6.45) is -3.32. The van der Waals surface area contributed by atoms with E-state index in [4.69, 9.17) is 11.6 Å². The third-order valence-electron chi connectivity index (χ3n) is 6.25. The van der Waals surface area contributed by atoms with Crippen molar-refractivity contribution in [2.24, 2.45) is 0 Å². The summed E-state index contributed by atoms with van der Waals surface area (Å²) in [5.41, 5.74) is -1.20. The summed E-state index contributed by atoms with van der Waals surface area (Å²) >= 11 is 6.38. The fraction of sp³-hybridized carbons (Fsp3) is 0.269. The molecule has 2 aromatic carbocycles. The fourth-order valence-corrected chi connectivity index (χ4v) is 4.45. The van der Waals surface area contributed by atoms with Crippen molar-refractivity contribution in [1.29, 1.82) is 0 Å². The zero-order valence-corrected chi connectivity index (χ0v) is 20.4. The van der Waals surface area contributed by atoms with E-state index in [2.05, 4.69) is 15.0 Å². The molecule has 5 nitrogen and oxygen atoms in total. The van der Waals surface area contributed by atoms with Gasteiger partial charge >= 0.3 is 6.36 Å². The molecule has 1 amide bonds. The molecule has 38 heavy (non-hydrogen) atoms. The molecule has 3 aromatic rings. The van der Waals surface area contributed by atoms with Gasteiger partial charge in [0, 0.05) is 46.6 Å². The minimum Gasteiger partial charge on any atom is -0.406 e. The van der Waals surface area contributed by atoms with Gasteiger partial charge < -0.3 is 10.1 Å². The number of carbonyl (C=O) groups excluding carboxylic acids is 2. The molecule has 1 aliphatic carbocycles. The molecule has 0 unspecified atom stereocenters. The van der Waals surface area contributed by atoms with Gasteiger partial charge in [0.2, 0.25) is 5.91 Å². The number of benzene rings is 2. The van der Waals surface area contributed by atoms with Gasteiger partial charge in [-0.15, -0.1) is 13.2 Å². The van der Waals surface area contributed by atoms with E-state index in [1.165, 1.54) is 31.3 Å². The van der Waals surface area contributed by atoms with Crippen LogP contribution in [-0.2, 0) is 16.1 Å². The Bertz CT molecular complexity index is 1390. The number of halogens is 7. The highest BCUT2D eigenvalue weighted by molar-refractivity contribution is 6.34. The lowest BCUT2D eigenvalue weighted by Gasteiger charge is -2.19. The van der Waals surface area contributed by atoms with Crippen molar-refractivity contribution in [3.63, 3.8) is 0 Å². The van der Waals surface area contributed by atoms with E-state index >= 15 is 0 Å². The molecule has 1 saturated carbocycles. The molecule has 0 bridgehead atoms. The monoisotopic (exact) mass is 556 g/mol. The van der Waals surface area contributed by atoms with E-state index in [9.17, 15) is 35.9 Å². The van der Waals surface area contributed by atoms with Gasteiger partial charge in [0.05, 0.1) is 10.4 Å². The average Bonchev–Trinajstić information content (AvgIpc) is 3.65. The molecule has 1 aliphatic rings. The highest BCUT2D eigenvalue weighted by Crippen LogP contribution is 2.50. The molecule has 0 spiro atoms. The minimum absolute atomic E-state index is 0.0198. The SMILES string of the molecule is CCC(F)(F)c1ccc(-c2c(Cl)cc(NC(=O)C3(c4ccc(OC(F)(F)F)cc4F)CC3)cc2C=O)cn1. The lowest BCUT2D eigenvalue weighted by atomic mass is 9.93. The number of ether oxygens (including phenoxy) is 1. The van der Waals surface area contributed by atoms with E-state index in [1.54, 1.807) is 0 Å². The highest BCUT2D eigenvalue weighted by atomic mass is 35.5. The van der Waals surface area contributed by atoms with Gasteiger partial charge in [-0.1, -0.05) is 30.7 Å². The Labute approximate surface area is 217 Å². The van der Waals surface area contributed by atoms with Crippen LogP contribution in [0.5, 0.6) is 5.75 Å². The number of aromatic nitrogens is 1. The van der Waals surface area contributed by atoms with Gasteiger partial charge in [-0.2, -0.15) is 8.78 Å². The number of aldehydes is 1. The number of hydrogen-bond donors (Lipinski definition) is 1. The van der Waals surface area contributed by atoms with Gasteiger partial charge in [0.25, 0.3) is 5.92 Å². The first-order valence-corrected chi connectivity index (χ1v) is 11.7. The van der Waals surface area contributed by atoms with Crippen molar-refractivity contribution < 1.29 is 40.7 Å². The Hall–Kier alpha value is -3.60. The quantitative estimate of drug-likeness (QED) is 0.231. The van der Waals surface area contributed by atoms with E-state index in [-0.39, 0.29) is 40.2 Å². The van der Waals surface area contributed by atoms with Crippen molar-refractivity contribution >= 4 is 29.5 Å². The summed E-state index contributed by atoms with van der Waals surface area (Å²) in [5.74, 6) is -5.55. The zero-order valence-electron chi connectivity index (χ0n) is 19.6. The summed E-state index contributed by atoms with van der Waals surface area (Å²) in [6, 6.07) is 7.68. The lowest BCUT2D eigenvalue weighted by Crippen LogP contribution is -2.29.